The average Bonchev–Trinajstić information content (AvgIpc) is 3.24. The zero-order chi connectivity index (χ0) is 26.2. The maximum Gasteiger partial charge on any atom is 0.329 e. The van der Waals surface area contributed by atoms with Crippen LogP contribution in [0.4, 0.5) is 5.69 Å². The van der Waals surface area contributed by atoms with Gasteiger partial charge in [-0.15, -0.1) is 0 Å². The molecule has 0 bridgehead atoms. The lowest BCUT2D eigenvalue weighted by atomic mass is 9.68. The second-order valence-electron chi connectivity index (χ2n) is 9.06. The first-order valence-corrected chi connectivity index (χ1v) is 11.8. The highest BCUT2D eigenvalue weighted by molar-refractivity contribution is 6.06. The van der Waals surface area contributed by atoms with Gasteiger partial charge in [-0.2, -0.15) is 5.26 Å². The van der Waals surface area contributed by atoms with Crippen molar-refractivity contribution in [2.45, 2.75) is 24.9 Å². The summed E-state index contributed by atoms with van der Waals surface area (Å²) in [5.41, 5.74) is 1.01. The summed E-state index contributed by atoms with van der Waals surface area (Å²) in [6, 6.07) is 23.7. The van der Waals surface area contributed by atoms with Gasteiger partial charge in [0.1, 0.15) is 11.8 Å². The molecule has 3 aromatic rings. The molecule has 0 aromatic heterocycles. The third kappa shape index (κ3) is 3.78. The van der Waals surface area contributed by atoms with Crippen molar-refractivity contribution in [3.8, 4) is 11.8 Å². The van der Waals surface area contributed by atoms with Crippen molar-refractivity contribution < 1.29 is 23.9 Å². The number of hydrogen-bond acceptors (Lipinski definition) is 7. The minimum Gasteiger partial charge on any atom is -0.468 e. The van der Waals surface area contributed by atoms with Gasteiger partial charge in [-0.05, 0) is 41.5 Å². The molecule has 184 valence electrons. The predicted octanol–water partition coefficient (Wildman–Crippen LogP) is 4.55. The number of nitriles is 1. The summed E-state index contributed by atoms with van der Waals surface area (Å²) in [6.45, 7) is 1.30. The van der Waals surface area contributed by atoms with Gasteiger partial charge in [0.2, 0.25) is 0 Å². The van der Waals surface area contributed by atoms with E-state index < -0.39 is 35.4 Å². The minimum absolute atomic E-state index is 0.264. The lowest BCUT2D eigenvalue weighted by molar-refractivity contribution is -0.150. The molecule has 0 saturated carbocycles. The highest BCUT2D eigenvalue weighted by Gasteiger charge is 2.67. The Kier molecular flexibility index (Phi) is 6.10. The van der Waals surface area contributed by atoms with Crippen molar-refractivity contribution in [3.05, 3.63) is 102 Å². The van der Waals surface area contributed by atoms with Gasteiger partial charge in [0.05, 0.1) is 19.2 Å². The summed E-state index contributed by atoms with van der Waals surface area (Å²) in [6.07, 6.45) is 3.70. The third-order valence-corrected chi connectivity index (χ3v) is 7.08. The molecule has 0 radical (unpaired) electrons. The van der Waals surface area contributed by atoms with Crippen LogP contribution in [0.2, 0.25) is 0 Å². The number of nitrogens with zero attached hydrogens (tertiary/aromatic N) is 2. The molecular weight excluding hydrogens is 468 g/mol. The molecule has 0 amide bonds. The van der Waals surface area contributed by atoms with Gasteiger partial charge < -0.3 is 14.4 Å². The van der Waals surface area contributed by atoms with Gasteiger partial charge in [-0.25, -0.2) is 0 Å². The van der Waals surface area contributed by atoms with Crippen LogP contribution < -0.4 is 9.64 Å². The van der Waals surface area contributed by atoms with Crippen LogP contribution in [0.1, 0.15) is 34.3 Å². The molecule has 0 N–H and O–H groups in total. The SMILES string of the molecule is COC(=O)[C@@]1(C#N)[C@H](c2ccccc2)[C@@H](C(=O)c2ccc(OC(C)=O)cc2)N2c3ccccc3C=C[C@@H]21. The Morgan fingerprint density at radius 2 is 1.62 bits per heavy atom. The van der Waals surface area contributed by atoms with E-state index in [2.05, 4.69) is 6.07 Å². The second kappa shape index (κ2) is 9.40. The molecule has 0 unspecified atom stereocenters. The summed E-state index contributed by atoms with van der Waals surface area (Å²) < 4.78 is 10.3. The second-order valence-corrected chi connectivity index (χ2v) is 9.06. The van der Waals surface area contributed by atoms with E-state index in [4.69, 9.17) is 9.47 Å². The molecule has 2 heterocycles. The number of carbonyl (C=O) groups is 3. The first-order valence-electron chi connectivity index (χ1n) is 11.8. The fourth-order valence-electron chi connectivity index (χ4n) is 5.59. The first kappa shape index (κ1) is 24.0. The lowest BCUT2D eigenvalue weighted by Gasteiger charge is -2.36. The molecule has 1 saturated heterocycles. The number of ketones is 1. The van der Waals surface area contributed by atoms with Crippen LogP contribution in [0.3, 0.4) is 0 Å². The topological polar surface area (TPSA) is 96.7 Å². The predicted molar refractivity (Wildman–Crippen MR) is 137 cm³/mol. The number of benzene rings is 3. The Morgan fingerprint density at radius 1 is 0.946 bits per heavy atom. The number of rotatable bonds is 5. The number of ether oxygens (including phenoxy) is 2. The van der Waals surface area contributed by atoms with E-state index in [1.165, 1.54) is 14.0 Å². The summed E-state index contributed by atoms with van der Waals surface area (Å²) >= 11 is 0. The fraction of sp³-hybridized carbons (Fsp3) is 0.200. The van der Waals surface area contributed by atoms with Crippen molar-refractivity contribution >= 4 is 29.5 Å². The van der Waals surface area contributed by atoms with E-state index in [9.17, 15) is 19.6 Å². The molecule has 7 heteroatoms. The van der Waals surface area contributed by atoms with Crippen molar-refractivity contribution in [3.63, 3.8) is 0 Å². The van der Waals surface area contributed by atoms with E-state index in [0.29, 0.717) is 16.9 Å². The zero-order valence-electron chi connectivity index (χ0n) is 20.3. The Hall–Kier alpha value is -4.70. The fourth-order valence-corrected chi connectivity index (χ4v) is 5.59. The van der Waals surface area contributed by atoms with Gasteiger partial charge >= 0.3 is 11.9 Å². The largest absolute Gasteiger partial charge is 0.468 e. The number of Topliss-reactive ketones (excluding diaryl/α,β-unsaturated/α-hetero) is 1. The van der Waals surface area contributed by atoms with Gasteiger partial charge in [0.25, 0.3) is 0 Å². The Bertz CT molecular complexity index is 1440. The Labute approximate surface area is 214 Å². The normalized spacial score (nSPS) is 23.4. The lowest BCUT2D eigenvalue weighted by Crippen LogP contribution is -2.46. The van der Waals surface area contributed by atoms with E-state index in [-0.39, 0.29) is 5.78 Å². The van der Waals surface area contributed by atoms with Crippen molar-refractivity contribution in [1.82, 2.24) is 0 Å². The monoisotopic (exact) mass is 492 g/mol. The number of hydrogen-bond donors (Lipinski definition) is 0. The quantitative estimate of drug-likeness (QED) is 0.293. The summed E-state index contributed by atoms with van der Waals surface area (Å²) in [5.74, 6) is -1.93. The Morgan fingerprint density at radius 3 is 2.27 bits per heavy atom. The molecule has 1 fully saturated rings. The highest BCUT2D eigenvalue weighted by Crippen LogP contribution is 2.56. The number of methoxy groups -OCH3 is 1. The molecule has 3 aromatic carbocycles. The number of fused-ring (bicyclic) bond motifs is 3. The van der Waals surface area contributed by atoms with Crippen LogP contribution >= 0.6 is 0 Å². The van der Waals surface area contributed by atoms with Crippen LogP contribution in [0, 0.1) is 16.7 Å². The van der Waals surface area contributed by atoms with Crippen molar-refractivity contribution in [1.29, 1.82) is 5.26 Å². The van der Waals surface area contributed by atoms with E-state index in [0.717, 1.165) is 11.3 Å². The van der Waals surface area contributed by atoms with E-state index >= 15 is 0 Å². The maximum absolute atomic E-state index is 14.3. The van der Waals surface area contributed by atoms with Crippen LogP contribution in [-0.4, -0.2) is 36.9 Å². The van der Waals surface area contributed by atoms with Crippen LogP contribution in [0.5, 0.6) is 5.75 Å². The smallest absolute Gasteiger partial charge is 0.329 e. The van der Waals surface area contributed by atoms with Gasteiger partial charge in [-0.3, -0.25) is 14.4 Å². The minimum atomic E-state index is -1.68. The van der Waals surface area contributed by atoms with E-state index in [1.54, 1.807) is 24.3 Å². The molecule has 2 aliphatic rings. The summed E-state index contributed by atoms with van der Waals surface area (Å²) in [4.78, 5) is 41.0. The zero-order valence-corrected chi connectivity index (χ0v) is 20.3. The first-order chi connectivity index (χ1) is 17.9. The van der Waals surface area contributed by atoms with Crippen LogP contribution in [0.25, 0.3) is 6.08 Å². The molecule has 0 aliphatic carbocycles. The summed E-state index contributed by atoms with van der Waals surface area (Å²) in [5, 5.41) is 10.7. The number of esters is 2. The average molecular weight is 493 g/mol. The standard InChI is InChI=1S/C30H24N2O5/c1-19(33)37-23-15-12-22(13-16-23)28(34)27-26(21-9-4-3-5-10-21)30(18-31,29(35)36-2)25-17-14-20-8-6-7-11-24(20)32(25)27/h3-17,25-27H,1-2H3/t25-,26-,27+,30-/m1/s1. The van der Waals surface area contributed by atoms with Crippen LogP contribution in [-0.2, 0) is 14.3 Å². The number of anilines is 1. The van der Waals surface area contributed by atoms with Crippen molar-refractivity contribution in [2.24, 2.45) is 5.41 Å². The van der Waals surface area contributed by atoms with Crippen molar-refractivity contribution in [2.75, 3.05) is 12.0 Å². The Balaban J connectivity index is 1.73. The molecule has 37 heavy (non-hydrogen) atoms. The molecule has 2 aliphatic heterocycles. The van der Waals surface area contributed by atoms with Crippen LogP contribution in [0.15, 0.2) is 84.9 Å². The maximum atomic E-state index is 14.3. The van der Waals surface area contributed by atoms with E-state index in [1.807, 2.05) is 71.6 Å². The van der Waals surface area contributed by atoms with Gasteiger partial charge in [0.15, 0.2) is 11.2 Å². The molecule has 4 atom stereocenters. The molecule has 7 nitrogen and oxygen atoms in total. The summed E-state index contributed by atoms with van der Waals surface area (Å²) in [7, 11) is 1.26. The number of carbonyl (C=O) groups excluding carboxylic acids is 3. The highest BCUT2D eigenvalue weighted by atomic mass is 16.5. The number of para-hydroxylation sites is 1. The van der Waals surface area contributed by atoms with Gasteiger partial charge in [0, 0.05) is 24.1 Å². The molecule has 5 rings (SSSR count). The molecular formula is C30H24N2O5. The third-order valence-electron chi connectivity index (χ3n) is 7.08. The van der Waals surface area contributed by atoms with Gasteiger partial charge in [-0.1, -0.05) is 60.7 Å². The molecule has 0 spiro atoms.